The summed E-state index contributed by atoms with van der Waals surface area (Å²) in [6.45, 7) is 5.26. The van der Waals surface area contributed by atoms with Gasteiger partial charge in [-0.25, -0.2) is 9.69 Å². The molecule has 0 unspecified atom stereocenters. The average Bonchev–Trinajstić information content (AvgIpc) is 2.96. The highest BCUT2D eigenvalue weighted by molar-refractivity contribution is 6.07. The number of urea groups is 1. The third-order valence-electron chi connectivity index (χ3n) is 6.82. The van der Waals surface area contributed by atoms with E-state index in [2.05, 4.69) is 15.1 Å². The van der Waals surface area contributed by atoms with Gasteiger partial charge in [0.2, 0.25) is 5.91 Å². The SMILES string of the molecule is C[C@]1(c2ccccc2)NC(=O)N(CN2CCC(C(=O)N3CCCCCC3)CC2)C1=O. The summed E-state index contributed by atoms with van der Waals surface area (Å²) in [7, 11) is 0. The smallest absolute Gasteiger partial charge is 0.326 e. The van der Waals surface area contributed by atoms with Crippen LogP contribution in [0.4, 0.5) is 4.79 Å². The molecular weight excluding hydrogens is 380 g/mol. The molecule has 30 heavy (non-hydrogen) atoms. The Morgan fingerprint density at radius 2 is 1.63 bits per heavy atom. The number of imide groups is 1. The van der Waals surface area contributed by atoms with Crippen LogP contribution in [0.15, 0.2) is 30.3 Å². The summed E-state index contributed by atoms with van der Waals surface area (Å²) < 4.78 is 0. The first-order valence-corrected chi connectivity index (χ1v) is 11.2. The Hall–Kier alpha value is -2.41. The van der Waals surface area contributed by atoms with Crippen molar-refractivity contribution in [1.29, 1.82) is 0 Å². The first kappa shape index (κ1) is 20.8. The minimum absolute atomic E-state index is 0.0667. The predicted molar refractivity (Wildman–Crippen MR) is 113 cm³/mol. The molecular formula is C23H32N4O3. The molecule has 0 bridgehead atoms. The van der Waals surface area contributed by atoms with E-state index in [0.29, 0.717) is 5.91 Å². The average molecular weight is 413 g/mol. The summed E-state index contributed by atoms with van der Waals surface area (Å²) >= 11 is 0. The molecule has 1 N–H and O–H groups in total. The van der Waals surface area contributed by atoms with Gasteiger partial charge >= 0.3 is 6.03 Å². The molecule has 162 valence electrons. The van der Waals surface area contributed by atoms with E-state index in [1.807, 2.05) is 30.3 Å². The van der Waals surface area contributed by atoms with Gasteiger partial charge in [0.05, 0.1) is 6.67 Å². The van der Waals surface area contributed by atoms with Crippen LogP contribution in [0.2, 0.25) is 0 Å². The van der Waals surface area contributed by atoms with Crippen LogP contribution in [0.3, 0.4) is 0 Å². The van der Waals surface area contributed by atoms with Crippen molar-refractivity contribution in [2.45, 2.75) is 51.0 Å². The zero-order valence-corrected chi connectivity index (χ0v) is 17.8. The van der Waals surface area contributed by atoms with Crippen molar-refractivity contribution in [3.05, 3.63) is 35.9 Å². The van der Waals surface area contributed by atoms with Crippen molar-refractivity contribution in [2.75, 3.05) is 32.8 Å². The standard InChI is InChI=1S/C23H32N4O3/c1-23(19-9-5-4-6-10-19)21(29)27(22(30)24-23)17-25-15-11-18(12-16-25)20(28)26-13-7-2-3-8-14-26/h4-6,9-10,18H,2-3,7-8,11-17H2,1H3,(H,24,30)/t23-/m1/s1. The molecule has 0 aliphatic carbocycles. The second-order valence-corrected chi connectivity index (χ2v) is 8.93. The summed E-state index contributed by atoms with van der Waals surface area (Å²) in [6, 6.07) is 9.00. The fourth-order valence-electron chi connectivity index (χ4n) is 4.86. The van der Waals surface area contributed by atoms with Gasteiger partial charge in [-0.2, -0.15) is 0 Å². The van der Waals surface area contributed by atoms with Crippen molar-refractivity contribution in [1.82, 2.24) is 20.0 Å². The number of amides is 4. The maximum absolute atomic E-state index is 13.1. The molecule has 1 atom stereocenters. The number of nitrogens with one attached hydrogen (secondary N) is 1. The lowest BCUT2D eigenvalue weighted by Crippen LogP contribution is -2.48. The zero-order valence-electron chi connectivity index (χ0n) is 17.8. The van der Waals surface area contributed by atoms with E-state index >= 15 is 0 Å². The second-order valence-electron chi connectivity index (χ2n) is 8.93. The second kappa shape index (κ2) is 8.76. The largest absolute Gasteiger partial charge is 0.342 e. The van der Waals surface area contributed by atoms with Crippen molar-refractivity contribution >= 4 is 17.8 Å². The number of carbonyl (C=O) groups is 3. The minimum atomic E-state index is -1.03. The van der Waals surface area contributed by atoms with Gasteiger partial charge in [0.15, 0.2) is 0 Å². The van der Waals surface area contributed by atoms with Gasteiger partial charge < -0.3 is 10.2 Å². The summed E-state index contributed by atoms with van der Waals surface area (Å²) in [5.74, 6) is 0.140. The highest BCUT2D eigenvalue weighted by atomic mass is 16.2. The van der Waals surface area contributed by atoms with Crippen LogP contribution in [-0.4, -0.2) is 65.4 Å². The Morgan fingerprint density at radius 1 is 1.00 bits per heavy atom. The molecule has 3 aliphatic heterocycles. The number of benzene rings is 1. The monoisotopic (exact) mass is 412 g/mol. The molecule has 0 saturated carbocycles. The van der Waals surface area contributed by atoms with Gasteiger partial charge in [-0.1, -0.05) is 43.2 Å². The van der Waals surface area contributed by atoms with Gasteiger partial charge in [0.1, 0.15) is 5.54 Å². The van der Waals surface area contributed by atoms with E-state index in [9.17, 15) is 14.4 Å². The number of likely N-dealkylation sites (tertiary alicyclic amines) is 2. The molecule has 4 amide bonds. The topological polar surface area (TPSA) is 73.0 Å². The van der Waals surface area contributed by atoms with E-state index in [4.69, 9.17) is 0 Å². The van der Waals surface area contributed by atoms with Crippen molar-refractivity contribution in [2.24, 2.45) is 5.92 Å². The maximum atomic E-state index is 13.1. The van der Waals surface area contributed by atoms with Crippen LogP contribution in [0.1, 0.15) is 51.0 Å². The quantitative estimate of drug-likeness (QED) is 0.772. The lowest BCUT2D eigenvalue weighted by atomic mass is 9.92. The lowest BCUT2D eigenvalue weighted by molar-refractivity contribution is -0.138. The van der Waals surface area contributed by atoms with Crippen LogP contribution in [0, 0.1) is 5.92 Å². The fraction of sp³-hybridized carbons (Fsp3) is 0.609. The van der Waals surface area contributed by atoms with Crippen molar-refractivity contribution in [3.8, 4) is 0 Å². The van der Waals surface area contributed by atoms with Crippen LogP contribution in [-0.2, 0) is 15.1 Å². The number of hydrogen-bond donors (Lipinski definition) is 1. The summed E-state index contributed by atoms with van der Waals surface area (Å²) in [4.78, 5) is 44.0. The third kappa shape index (κ3) is 4.08. The van der Waals surface area contributed by atoms with Crippen LogP contribution in [0.5, 0.6) is 0 Å². The number of carbonyl (C=O) groups excluding carboxylic acids is 3. The molecule has 1 aromatic carbocycles. The molecule has 3 aliphatic rings. The summed E-state index contributed by atoms with van der Waals surface area (Å²) in [5.41, 5.74) is -0.244. The molecule has 7 heteroatoms. The summed E-state index contributed by atoms with van der Waals surface area (Å²) in [6.07, 6.45) is 6.23. The first-order chi connectivity index (χ1) is 14.5. The van der Waals surface area contributed by atoms with E-state index < -0.39 is 5.54 Å². The molecule has 4 rings (SSSR count). The van der Waals surface area contributed by atoms with E-state index in [0.717, 1.165) is 57.4 Å². The third-order valence-corrected chi connectivity index (χ3v) is 6.82. The van der Waals surface area contributed by atoms with Crippen molar-refractivity contribution < 1.29 is 14.4 Å². The fourth-order valence-corrected chi connectivity index (χ4v) is 4.86. The van der Waals surface area contributed by atoms with E-state index in [1.54, 1.807) is 6.92 Å². The van der Waals surface area contributed by atoms with Gasteiger partial charge in [-0.05, 0) is 38.2 Å². The number of nitrogens with zero attached hydrogens (tertiary/aromatic N) is 3. The minimum Gasteiger partial charge on any atom is -0.342 e. The Labute approximate surface area is 178 Å². The molecule has 0 radical (unpaired) electrons. The number of rotatable bonds is 4. The van der Waals surface area contributed by atoms with Crippen LogP contribution < -0.4 is 5.32 Å². The number of piperidine rings is 1. The highest BCUT2D eigenvalue weighted by Gasteiger charge is 2.49. The molecule has 7 nitrogen and oxygen atoms in total. The normalized spacial score (nSPS) is 26.6. The van der Waals surface area contributed by atoms with E-state index in [-0.39, 0.29) is 24.5 Å². The van der Waals surface area contributed by atoms with Gasteiger partial charge in [0, 0.05) is 32.1 Å². The van der Waals surface area contributed by atoms with E-state index in [1.165, 1.54) is 17.7 Å². The Kier molecular flexibility index (Phi) is 6.09. The molecule has 0 aromatic heterocycles. The Morgan fingerprint density at radius 3 is 2.27 bits per heavy atom. The molecule has 3 heterocycles. The Balaban J connectivity index is 1.33. The van der Waals surface area contributed by atoms with Crippen molar-refractivity contribution in [3.63, 3.8) is 0 Å². The molecule has 1 aromatic rings. The number of hydrogen-bond acceptors (Lipinski definition) is 4. The molecule has 0 spiro atoms. The van der Waals surface area contributed by atoms with Gasteiger partial charge in [0.25, 0.3) is 5.91 Å². The summed E-state index contributed by atoms with van der Waals surface area (Å²) in [5, 5.41) is 2.86. The van der Waals surface area contributed by atoms with Crippen LogP contribution in [0.25, 0.3) is 0 Å². The predicted octanol–water partition coefficient (Wildman–Crippen LogP) is 2.53. The first-order valence-electron chi connectivity index (χ1n) is 11.2. The zero-order chi connectivity index (χ0) is 21.1. The maximum Gasteiger partial charge on any atom is 0.326 e. The van der Waals surface area contributed by atoms with Crippen LogP contribution >= 0.6 is 0 Å². The lowest BCUT2D eigenvalue weighted by Gasteiger charge is -2.35. The molecule has 3 fully saturated rings. The highest BCUT2D eigenvalue weighted by Crippen LogP contribution is 2.29. The molecule has 3 saturated heterocycles. The van der Waals surface area contributed by atoms with Gasteiger partial charge in [-0.15, -0.1) is 0 Å². The van der Waals surface area contributed by atoms with Gasteiger partial charge in [-0.3, -0.25) is 14.5 Å². The Bertz CT molecular complexity index is 783.